The normalized spacial score (nSPS) is 19.7. The Labute approximate surface area is 102 Å². The van der Waals surface area contributed by atoms with Gasteiger partial charge in [-0.3, -0.25) is 0 Å². The molecule has 5 nitrogen and oxygen atoms in total. The number of ether oxygens (including phenoxy) is 1. The highest BCUT2D eigenvalue weighted by Crippen LogP contribution is 2.22. The molecule has 1 atom stereocenters. The molecule has 0 saturated carbocycles. The van der Waals surface area contributed by atoms with Crippen molar-refractivity contribution >= 4 is 5.95 Å². The molecule has 17 heavy (non-hydrogen) atoms. The average molecular weight is 236 g/mol. The summed E-state index contributed by atoms with van der Waals surface area (Å²) in [6.07, 6.45) is 1.19. The van der Waals surface area contributed by atoms with Crippen molar-refractivity contribution in [2.45, 2.75) is 13.3 Å². The van der Waals surface area contributed by atoms with Crippen LogP contribution in [-0.2, 0) is 0 Å². The second kappa shape index (κ2) is 5.31. The summed E-state index contributed by atoms with van der Waals surface area (Å²) in [7, 11) is 3.63. The van der Waals surface area contributed by atoms with Crippen LogP contribution in [-0.4, -0.2) is 43.8 Å². The molecule has 0 radical (unpaired) electrons. The fourth-order valence-electron chi connectivity index (χ4n) is 2.24. The van der Waals surface area contributed by atoms with Crippen LogP contribution in [0.3, 0.4) is 0 Å². The van der Waals surface area contributed by atoms with Crippen LogP contribution in [0.1, 0.15) is 12.1 Å². The van der Waals surface area contributed by atoms with Crippen molar-refractivity contribution < 1.29 is 4.74 Å². The topological polar surface area (TPSA) is 50.3 Å². The van der Waals surface area contributed by atoms with Crippen LogP contribution >= 0.6 is 0 Å². The molecule has 1 fully saturated rings. The Kier molecular flexibility index (Phi) is 3.78. The number of methoxy groups -OCH3 is 1. The first-order valence-corrected chi connectivity index (χ1v) is 6.02. The van der Waals surface area contributed by atoms with Crippen molar-refractivity contribution in [1.82, 2.24) is 15.3 Å². The quantitative estimate of drug-likeness (QED) is 0.839. The average Bonchev–Trinajstić information content (AvgIpc) is 2.77. The molecule has 1 aliphatic heterocycles. The minimum Gasteiger partial charge on any atom is -0.481 e. The van der Waals surface area contributed by atoms with Crippen LogP contribution in [0.25, 0.3) is 0 Å². The summed E-state index contributed by atoms with van der Waals surface area (Å²) in [5.74, 6) is 2.13. The number of hydrogen-bond donors (Lipinski definition) is 1. The highest BCUT2D eigenvalue weighted by Gasteiger charge is 2.24. The molecule has 94 valence electrons. The van der Waals surface area contributed by atoms with Crippen LogP contribution in [0.15, 0.2) is 6.07 Å². The Morgan fingerprint density at radius 3 is 3.06 bits per heavy atom. The van der Waals surface area contributed by atoms with E-state index in [1.165, 1.54) is 6.42 Å². The van der Waals surface area contributed by atoms with Crippen LogP contribution in [0, 0.1) is 12.8 Å². The molecule has 2 rings (SSSR count). The van der Waals surface area contributed by atoms with Gasteiger partial charge in [0.1, 0.15) is 0 Å². The number of anilines is 1. The Balaban J connectivity index is 2.10. The number of nitrogens with zero attached hydrogens (tertiary/aromatic N) is 3. The predicted octanol–water partition coefficient (Wildman–Crippen LogP) is 0.839. The van der Waals surface area contributed by atoms with Crippen molar-refractivity contribution in [1.29, 1.82) is 0 Å². The monoisotopic (exact) mass is 236 g/mol. The van der Waals surface area contributed by atoms with E-state index in [1.54, 1.807) is 7.11 Å². The van der Waals surface area contributed by atoms with Gasteiger partial charge in [-0.25, -0.2) is 4.98 Å². The summed E-state index contributed by atoms with van der Waals surface area (Å²) in [5, 5.41) is 3.22. The summed E-state index contributed by atoms with van der Waals surface area (Å²) in [6.45, 7) is 5.07. The molecular formula is C12H20N4O. The molecule has 2 heterocycles. The van der Waals surface area contributed by atoms with Crippen molar-refractivity contribution in [2.75, 3.05) is 38.7 Å². The number of hydrogen-bond acceptors (Lipinski definition) is 5. The maximum absolute atomic E-state index is 5.18. The highest BCUT2D eigenvalue weighted by atomic mass is 16.5. The lowest BCUT2D eigenvalue weighted by atomic mass is 10.1. The van der Waals surface area contributed by atoms with Gasteiger partial charge in [0.15, 0.2) is 0 Å². The Morgan fingerprint density at radius 2 is 2.35 bits per heavy atom. The summed E-state index contributed by atoms with van der Waals surface area (Å²) >= 11 is 0. The fourth-order valence-corrected chi connectivity index (χ4v) is 2.24. The highest BCUT2D eigenvalue weighted by molar-refractivity contribution is 5.35. The molecular weight excluding hydrogens is 216 g/mol. The molecule has 1 aromatic heterocycles. The van der Waals surface area contributed by atoms with E-state index in [0.717, 1.165) is 31.3 Å². The molecule has 0 spiro atoms. The van der Waals surface area contributed by atoms with Crippen molar-refractivity contribution in [3.63, 3.8) is 0 Å². The summed E-state index contributed by atoms with van der Waals surface area (Å²) in [5.41, 5.74) is 0.948. The zero-order valence-electron chi connectivity index (χ0n) is 10.7. The minimum absolute atomic E-state index is 0.643. The number of nitrogens with one attached hydrogen (secondary N) is 1. The molecule has 0 aromatic carbocycles. The predicted molar refractivity (Wildman–Crippen MR) is 67.6 cm³/mol. The van der Waals surface area contributed by atoms with E-state index >= 15 is 0 Å². The number of aromatic nitrogens is 2. The van der Waals surface area contributed by atoms with Gasteiger partial charge in [-0.15, -0.1) is 0 Å². The lowest BCUT2D eigenvalue weighted by molar-refractivity contribution is 0.396. The Bertz CT molecular complexity index is 383. The van der Waals surface area contributed by atoms with Gasteiger partial charge in [-0.05, 0) is 32.9 Å². The molecule has 1 N–H and O–H groups in total. The Hall–Kier alpha value is -1.36. The number of rotatable bonds is 4. The molecule has 1 aliphatic rings. The first-order valence-electron chi connectivity index (χ1n) is 6.02. The molecule has 1 saturated heterocycles. The summed E-state index contributed by atoms with van der Waals surface area (Å²) in [6, 6.07) is 1.85. The maximum Gasteiger partial charge on any atom is 0.228 e. The van der Waals surface area contributed by atoms with E-state index < -0.39 is 0 Å². The number of aryl methyl sites for hydroxylation is 1. The minimum atomic E-state index is 0.643. The van der Waals surface area contributed by atoms with E-state index in [2.05, 4.69) is 20.2 Å². The van der Waals surface area contributed by atoms with Crippen LogP contribution in [0.2, 0.25) is 0 Å². The lowest BCUT2D eigenvalue weighted by Gasteiger charge is -2.17. The zero-order valence-corrected chi connectivity index (χ0v) is 10.7. The standard InChI is InChI=1S/C12H20N4O/c1-9-6-11(17-3)15-12(14-9)16-5-4-10(8-16)7-13-2/h6,10,13H,4-5,7-8H2,1-3H3. The lowest BCUT2D eigenvalue weighted by Crippen LogP contribution is -2.25. The van der Waals surface area contributed by atoms with Crippen molar-refractivity contribution in [3.05, 3.63) is 11.8 Å². The van der Waals surface area contributed by atoms with Gasteiger partial charge < -0.3 is 15.0 Å². The van der Waals surface area contributed by atoms with Crippen molar-refractivity contribution in [2.24, 2.45) is 5.92 Å². The van der Waals surface area contributed by atoms with Gasteiger partial charge in [0.2, 0.25) is 11.8 Å². The van der Waals surface area contributed by atoms with Gasteiger partial charge in [-0.2, -0.15) is 4.98 Å². The molecule has 1 unspecified atom stereocenters. The van der Waals surface area contributed by atoms with E-state index in [0.29, 0.717) is 11.8 Å². The first-order chi connectivity index (χ1) is 8.22. The Morgan fingerprint density at radius 1 is 1.53 bits per heavy atom. The van der Waals surface area contributed by atoms with Crippen LogP contribution in [0.5, 0.6) is 5.88 Å². The van der Waals surface area contributed by atoms with Gasteiger partial charge in [0, 0.05) is 24.8 Å². The second-order valence-electron chi connectivity index (χ2n) is 4.51. The SMILES string of the molecule is CNCC1CCN(c2nc(C)cc(OC)n2)C1. The van der Waals surface area contributed by atoms with Gasteiger partial charge in [-0.1, -0.05) is 0 Å². The van der Waals surface area contributed by atoms with Gasteiger partial charge in [0.25, 0.3) is 0 Å². The molecule has 5 heteroatoms. The van der Waals surface area contributed by atoms with Gasteiger partial charge in [0.05, 0.1) is 7.11 Å². The molecule has 0 aliphatic carbocycles. The summed E-state index contributed by atoms with van der Waals surface area (Å²) < 4.78 is 5.18. The van der Waals surface area contributed by atoms with Gasteiger partial charge >= 0.3 is 0 Å². The maximum atomic E-state index is 5.18. The van der Waals surface area contributed by atoms with E-state index in [9.17, 15) is 0 Å². The zero-order chi connectivity index (χ0) is 12.3. The first kappa shape index (κ1) is 12.1. The smallest absolute Gasteiger partial charge is 0.228 e. The van der Waals surface area contributed by atoms with E-state index in [-0.39, 0.29) is 0 Å². The molecule has 0 amide bonds. The third-order valence-electron chi connectivity index (χ3n) is 3.09. The second-order valence-corrected chi connectivity index (χ2v) is 4.51. The van der Waals surface area contributed by atoms with E-state index in [1.807, 2.05) is 20.0 Å². The third kappa shape index (κ3) is 2.85. The van der Waals surface area contributed by atoms with Crippen molar-refractivity contribution in [3.8, 4) is 5.88 Å². The van der Waals surface area contributed by atoms with Crippen LogP contribution < -0.4 is 15.0 Å². The third-order valence-corrected chi connectivity index (χ3v) is 3.09. The molecule has 1 aromatic rings. The van der Waals surface area contributed by atoms with Crippen LogP contribution in [0.4, 0.5) is 5.95 Å². The largest absolute Gasteiger partial charge is 0.481 e. The fraction of sp³-hybridized carbons (Fsp3) is 0.667. The summed E-state index contributed by atoms with van der Waals surface area (Å²) in [4.78, 5) is 11.1. The molecule has 0 bridgehead atoms. The van der Waals surface area contributed by atoms with E-state index in [4.69, 9.17) is 4.74 Å².